The zero-order chi connectivity index (χ0) is 45.1. The van der Waals surface area contributed by atoms with Crippen molar-refractivity contribution in [2.75, 3.05) is 13.2 Å². The van der Waals surface area contributed by atoms with Crippen molar-refractivity contribution in [3.63, 3.8) is 0 Å². The van der Waals surface area contributed by atoms with E-state index in [-0.39, 0.29) is 31.1 Å². The fourth-order valence-corrected chi connectivity index (χ4v) is 8.62. The lowest BCUT2D eigenvalue weighted by atomic mass is 10.0. The smallest absolute Gasteiger partial charge is 0.306 e. The van der Waals surface area contributed by atoms with Crippen LogP contribution in [0.2, 0.25) is 0 Å². The van der Waals surface area contributed by atoms with Crippen LogP contribution in [0.25, 0.3) is 0 Å². The Morgan fingerprint density at radius 3 is 0.645 bits per heavy atom. The van der Waals surface area contributed by atoms with Crippen LogP contribution in [0.5, 0.6) is 0 Å². The standard InChI is InChI=1S/C56H108O6/c1-4-7-10-13-16-19-22-23-24-25-26-27-28-29-30-31-32-35-37-40-43-46-49-55(58)61-52-53(62-56(59)50-47-44-41-38-34-21-18-15-12-9-6-3)51-60-54(57)48-45-42-39-36-33-20-17-14-11-8-5-2/h53H,4-52H2,1-3H3. The van der Waals surface area contributed by atoms with Gasteiger partial charge in [0.15, 0.2) is 6.10 Å². The van der Waals surface area contributed by atoms with E-state index < -0.39 is 6.10 Å². The Morgan fingerprint density at radius 1 is 0.258 bits per heavy atom. The fourth-order valence-electron chi connectivity index (χ4n) is 8.62. The van der Waals surface area contributed by atoms with Crippen molar-refractivity contribution < 1.29 is 28.6 Å². The Kier molecular flexibility index (Phi) is 50.7. The molecule has 0 fully saturated rings. The summed E-state index contributed by atoms with van der Waals surface area (Å²) in [5.74, 6) is -0.840. The Labute approximate surface area is 387 Å². The van der Waals surface area contributed by atoms with Crippen LogP contribution < -0.4 is 0 Å². The van der Waals surface area contributed by atoms with Crippen molar-refractivity contribution >= 4 is 17.9 Å². The molecule has 0 N–H and O–H groups in total. The first kappa shape index (κ1) is 60.4. The van der Waals surface area contributed by atoms with Crippen LogP contribution in [0.15, 0.2) is 0 Å². The summed E-state index contributed by atoms with van der Waals surface area (Å²) in [6.07, 6.45) is 56.7. The molecule has 0 aromatic rings. The van der Waals surface area contributed by atoms with Gasteiger partial charge < -0.3 is 14.2 Å². The van der Waals surface area contributed by atoms with Crippen LogP contribution in [-0.2, 0) is 28.6 Å². The molecular weight excluding hydrogens is 769 g/mol. The molecule has 62 heavy (non-hydrogen) atoms. The Hall–Kier alpha value is -1.59. The normalized spacial score (nSPS) is 11.9. The largest absolute Gasteiger partial charge is 0.462 e. The second-order valence-corrected chi connectivity index (χ2v) is 19.2. The highest BCUT2D eigenvalue weighted by molar-refractivity contribution is 5.71. The molecule has 0 amide bonds. The van der Waals surface area contributed by atoms with Gasteiger partial charge >= 0.3 is 17.9 Å². The molecule has 368 valence electrons. The minimum absolute atomic E-state index is 0.0616. The van der Waals surface area contributed by atoms with Gasteiger partial charge in [0.25, 0.3) is 0 Å². The van der Waals surface area contributed by atoms with Crippen LogP contribution in [0.4, 0.5) is 0 Å². The molecule has 0 aromatic heterocycles. The van der Waals surface area contributed by atoms with Gasteiger partial charge in [0.05, 0.1) is 0 Å². The van der Waals surface area contributed by atoms with Gasteiger partial charge in [-0.3, -0.25) is 14.4 Å². The quantitative estimate of drug-likeness (QED) is 0.0344. The Balaban J connectivity index is 4.15. The molecule has 6 heteroatoms. The second kappa shape index (κ2) is 52.0. The predicted molar refractivity (Wildman–Crippen MR) is 266 cm³/mol. The third-order valence-electron chi connectivity index (χ3n) is 12.9. The zero-order valence-corrected chi connectivity index (χ0v) is 42.2. The molecule has 0 rings (SSSR count). The summed E-state index contributed by atoms with van der Waals surface area (Å²) in [6.45, 7) is 6.68. The number of carbonyl (C=O) groups is 3. The van der Waals surface area contributed by atoms with Gasteiger partial charge in [0, 0.05) is 19.3 Å². The molecule has 0 spiro atoms. The summed E-state index contributed by atoms with van der Waals surface area (Å²) in [5, 5.41) is 0. The predicted octanol–water partition coefficient (Wildman–Crippen LogP) is 18.4. The SMILES string of the molecule is CCCCCCCCCCCCCCCCCCCCCCCCC(=O)OCC(COC(=O)CCCCCCCCCCCCC)OC(=O)CCCCCCCCCCCCC. The maximum atomic E-state index is 12.8. The number of hydrogen-bond donors (Lipinski definition) is 0. The zero-order valence-electron chi connectivity index (χ0n) is 42.2. The molecule has 0 aromatic carbocycles. The number of hydrogen-bond acceptors (Lipinski definition) is 6. The van der Waals surface area contributed by atoms with E-state index >= 15 is 0 Å². The highest BCUT2D eigenvalue weighted by Crippen LogP contribution is 2.17. The van der Waals surface area contributed by atoms with Crippen molar-refractivity contribution in [3.05, 3.63) is 0 Å². The van der Waals surface area contributed by atoms with Crippen LogP contribution in [0, 0.1) is 0 Å². The first-order chi connectivity index (χ1) is 30.5. The van der Waals surface area contributed by atoms with Gasteiger partial charge in [-0.2, -0.15) is 0 Å². The van der Waals surface area contributed by atoms with Crippen LogP contribution in [0.1, 0.15) is 323 Å². The monoisotopic (exact) mass is 877 g/mol. The Morgan fingerprint density at radius 2 is 0.435 bits per heavy atom. The first-order valence-corrected chi connectivity index (χ1v) is 28.0. The average molecular weight is 877 g/mol. The molecule has 1 unspecified atom stereocenters. The topological polar surface area (TPSA) is 78.9 Å². The summed E-state index contributed by atoms with van der Waals surface area (Å²) in [4.78, 5) is 37.9. The van der Waals surface area contributed by atoms with E-state index in [4.69, 9.17) is 14.2 Å². The van der Waals surface area contributed by atoms with E-state index in [9.17, 15) is 14.4 Å². The van der Waals surface area contributed by atoms with Crippen LogP contribution in [-0.4, -0.2) is 37.2 Å². The summed E-state index contributed by atoms with van der Waals surface area (Å²) < 4.78 is 16.8. The number of ether oxygens (including phenoxy) is 3. The molecule has 0 radical (unpaired) electrons. The van der Waals surface area contributed by atoms with E-state index in [1.165, 1.54) is 225 Å². The van der Waals surface area contributed by atoms with E-state index in [2.05, 4.69) is 20.8 Å². The third kappa shape index (κ3) is 49.4. The Bertz CT molecular complexity index is 920. The lowest BCUT2D eigenvalue weighted by molar-refractivity contribution is -0.167. The van der Waals surface area contributed by atoms with E-state index in [1.54, 1.807) is 0 Å². The molecule has 0 aliphatic heterocycles. The summed E-state index contributed by atoms with van der Waals surface area (Å²) in [6, 6.07) is 0. The van der Waals surface area contributed by atoms with E-state index in [1.807, 2.05) is 0 Å². The fraction of sp³-hybridized carbons (Fsp3) is 0.946. The molecule has 0 aliphatic rings. The van der Waals surface area contributed by atoms with Gasteiger partial charge in [0.1, 0.15) is 13.2 Å². The number of unbranched alkanes of at least 4 members (excludes halogenated alkanes) is 41. The third-order valence-corrected chi connectivity index (χ3v) is 12.9. The lowest BCUT2D eigenvalue weighted by Crippen LogP contribution is -2.30. The molecule has 1 atom stereocenters. The van der Waals surface area contributed by atoms with Crippen molar-refractivity contribution in [2.45, 2.75) is 329 Å². The van der Waals surface area contributed by atoms with Crippen molar-refractivity contribution in [3.8, 4) is 0 Å². The van der Waals surface area contributed by atoms with Gasteiger partial charge in [-0.05, 0) is 19.3 Å². The van der Waals surface area contributed by atoms with Crippen LogP contribution >= 0.6 is 0 Å². The van der Waals surface area contributed by atoms with E-state index in [0.29, 0.717) is 19.3 Å². The van der Waals surface area contributed by atoms with Crippen molar-refractivity contribution in [1.29, 1.82) is 0 Å². The van der Waals surface area contributed by atoms with Gasteiger partial charge in [-0.25, -0.2) is 0 Å². The van der Waals surface area contributed by atoms with Gasteiger partial charge in [-0.1, -0.05) is 284 Å². The molecule has 0 heterocycles. The number of rotatable bonds is 52. The first-order valence-electron chi connectivity index (χ1n) is 28.0. The molecular formula is C56H108O6. The maximum absolute atomic E-state index is 12.8. The molecule has 0 bridgehead atoms. The summed E-state index contributed by atoms with van der Waals surface area (Å²) in [7, 11) is 0. The summed E-state index contributed by atoms with van der Waals surface area (Å²) >= 11 is 0. The maximum Gasteiger partial charge on any atom is 0.306 e. The highest BCUT2D eigenvalue weighted by Gasteiger charge is 2.19. The van der Waals surface area contributed by atoms with Crippen LogP contribution in [0.3, 0.4) is 0 Å². The minimum Gasteiger partial charge on any atom is -0.462 e. The van der Waals surface area contributed by atoms with Gasteiger partial charge in [0.2, 0.25) is 0 Å². The molecule has 0 saturated carbocycles. The van der Waals surface area contributed by atoms with Gasteiger partial charge in [-0.15, -0.1) is 0 Å². The number of esters is 3. The van der Waals surface area contributed by atoms with Crippen molar-refractivity contribution in [1.82, 2.24) is 0 Å². The minimum atomic E-state index is -0.759. The molecule has 6 nitrogen and oxygen atoms in total. The van der Waals surface area contributed by atoms with Crippen molar-refractivity contribution in [2.24, 2.45) is 0 Å². The second-order valence-electron chi connectivity index (χ2n) is 19.2. The summed E-state index contributed by atoms with van der Waals surface area (Å²) in [5.41, 5.74) is 0. The van der Waals surface area contributed by atoms with E-state index in [0.717, 1.165) is 57.8 Å². The highest BCUT2D eigenvalue weighted by atomic mass is 16.6. The molecule has 0 aliphatic carbocycles. The average Bonchev–Trinajstić information content (AvgIpc) is 3.27. The molecule has 0 saturated heterocycles. The lowest BCUT2D eigenvalue weighted by Gasteiger charge is -2.18. The number of carbonyl (C=O) groups excluding carboxylic acids is 3.